The molecule has 0 amide bonds. The smallest absolute Gasteiger partial charge is 0.225 e. The van der Waals surface area contributed by atoms with Crippen LogP contribution < -0.4 is 4.90 Å². The number of rotatable bonds is 4. The topological polar surface area (TPSA) is 46.1 Å². The highest BCUT2D eigenvalue weighted by Crippen LogP contribution is 2.33. The summed E-state index contributed by atoms with van der Waals surface area (Å²) in [4.78, 5) is 21.5. The van der Waals surface area contributed by atoms with Gasteiger partial charge in [-0.05, 0) is 31.2 Å². The second kappa shape index (κ2) is 5.25. The highest BCUT2D eigenvalue weighted by molar-refractivity contribution is 5.80. The van der Waals surface area contributed by atoms with Crippen molar-refractivity contribution in [1.29, 1.82) is 0 Å². The SMILES string of the molecule is CC(=O)CN(C)c1ncc(C2CCCC2)cn1. The number of carbonyl (C=O) groups is 1. The fourth-order valence-electron chi connectivity index (χ4n) is 2.40. The van der Waals surface area contributed by atoms with Crippen molar-refractivity contribution in [2.24, 2.45) is 0 Å². The molecule has 1 aliphatic rings. The van der Waals surface area contributed by atoms with E-state index in [0.29, 0.717) is 18.4 Å². The van der Waals surface area contributed by atoms with E-state index in [1.165, 1.54) is 31.2 Å². The molecule has 92 valence electrons. The predicted molar refractivity (Wildman–Crippen MR) is 67.2 cm³/mol. The lowest BCUT2D eigenvalue weighted by Crippen LogP contribution is -2.25. The lowest BCUT2D eigenvalue weighted by atomic mass is 10.0. The van der Waals surface area contributed by atoms with Crippen LogP contribution in [0.3, 0.4) is 0 Å². The van der Waals surface area contributed by atoms with E-state index in [-0.39, 0.29) is 5.78 Å². The van der Waals surface area contributed by atoms with Gasteiger partial charge in [0, 0.05) is 19.4 Å². The molecular weight excluding hydrogens is 214 g/mol. The Morgan fingerprint density at radius 3 is 2.47 bits per heavy atom. The first-order valence-electron chi connectivity index (χ1n) is 6.19. The van der Waals surface area contributed by atoms with Crippen LogP contribution in [0.4, 0.5) is 5.95 Å². The van der Waals surface area contributed by atoms with Gasteiger partial charge in [-0.25, -0.2) is 9.97 Å². The number of hydrogen-bond acceptors (Lipinski definition) is 4. The minimum absolute atomic E-state index is 0.121. The molecule has 0 spiro atoms. The number of carbonyl (C=O) groups excluding carboxylic acids is 1. The van der Waals surface area contributed by atoms with E-state index in [9.17, 15) is 4.79 Å². The average Bonchev–Trinajstić information content (AvgIpc) is 2.82. The van der Waals surface area contributed by atoms with Crippen LogP contribution in [0.2, 0.25) is 0 Å². The summed E-state index contributed by atoms with van der Waals surface area (Å²) in [5.74, 6) is 1.39. The Kier molecular flexibility index (Phi) is 3.71. The standard InChI is InChI=1S/C13H19N3O/c1-10(17)9-16(2)13-14-7-12(8-15-13)11-5-3-4-6-11/h7-8,11H,3-6,9H2,1-2H3. The molecule has 0 aliphatic heterocycles. The van der Waals surface area contributed by atoms with E-state index in [0.717, 1.165) is 0 Å². The number of ketones is 1. The molecule has 0 radical (unpaired) electrons. The molecule has 0 saturated heterocycles. The molecule has 1 heterocycles. The molecule has 1 fully saturated rings. The molecule has 1 aliphatic carbocycles. The maximum atomic E-state index is 11.0. The van der Waals surface area contributed by atoms with Crippen LogP contribution in [0.15, 0.2) is 12.4 Å². The summed E-state index contributed by atoms with van der Waals surface area (Å²) in [7, 11) is 1.84. The fourth-order valence-corrected chi connectivity index (χ4v) is 2.40. The summed E-state index contributed by atoms with van der Waals surface area (Å²) >= 11 is 0. The summed E-state index contributed by atoms with van der Waals surface area (Å²) in [5.41, 5.74) is 1.24. The third-order valence-electron chi connectivity index (χ3n) is 3.29. The van der Waals surface area contributed by atoms with Crippen LogP contribution in [-0.2, 0) is 4.79 Å². The minimum Gasteiger partial charge on any atom is -0.337 e. The Bertz CT molecular complexity index is 382. The van der Waals surface area contributed by atoms with Crippen molar-refractivity contribution >= 4 is 11.7 Å². The van der Waals surface area contributed by atoms with Gasteiger partial charge in [0.25, 0.3) is 0 Å². The third-order valence-corrected chi connectivity index (χ3v) is 3.29. The van der Waals surface area contributed by atoms with Gasteiger partial charge in [0.2, 0.25) is 5.95 Å². The zero-order chi connectivity index (χ0) is 12.3. The third kappa shape index (κ3) is 3.02. The van der Waals surface area contributed by atoms with E-state index < -0.39 is 0 Å². The predicted octanol–water partition coefficient (Wildman–Crippen LogP) is 2.16. The number of Topliss-reactive ketones (excluding diaryl/α,β-unsaturated/α-hetero) is 1. The number of aromatic nitrogens is 2. The highest BCUT2D eigenvalue weighted by atomic mass is 16.1. The number of anilines is 1. The van der Waals surface area contributed by atoms with Crippen molar-refractivity contribution in [3.63, 3.8) is 0 Å². The quantitative estimate of drug-likeness (QED) is 0.799. The highest BCUT2D eigenvalue weighted by Gasteiger charge is 2.18. The molecule has 0 aromatic carbocycles. The normalized spacial score (nSPS) is 16.1. The van der Waals surface area contributed by atoms with Gasteiger partial charge in [0.05, 0.1) is 6.54 Å². The largest absolute Gasteiger partial charge is 0.337 e. The van der Waals surface area contributed by atoms with Crippen LogP contribution in [0.1, 0.15) is 44.1 Å². The molecule has 0 N–H and O–H groups in total. The Hall–Kier alpha value is -1.45. The fraction of sp³-hybridized carbons (Fsp3) is 0.615. The van der Waals surface area contributed by atoms with Crippen molar-refractivity contribution in [3.05, 3.63) is 18.0 Å². The Balaban J connectivity index is 2.04. The first kappa shape index (κ1) is 12.0. The summed E-state index contributed by atoms with van der Waals surface area (Å²) in [6, 6.07) is 0. The van der Waals surface area contributed by atoms with E-state index in [2.05, 4.69) is 9.97 Å². The van der Waals surface area contributed by atoms with Crippen LogP contribution in [0, 0.1) is 0 Å². The van der Waals surface area contributed by atoms with Gasteiger partial charge in [0.15, 0.2) is 0 Å². The molecule has 17 heavy (non-hydrogen) atoms. The molecule has 2 rings (SSSR count). The number of hydrogen-bond donors (Lipinski definition) is 0. The van der Waals surface area contributed by atoms with Crippen LogP contribution in [0.5, 0.6) is 0 Å². The zero-order valence-electron chi connectivity index (χ0n) is 10.5. The Morgan fingerprint density at radius 2 is 1.94 bits per heavy atom. The number of likely N-dealkylation sites (N-methyl/N-ethyl adjacent to an activating group) is 1. The van der Waals surface area contributed by atoms with Gasteiger partial charge in [-0.3, -0.25) is 4.79 Å². The van der Waals surface area contributed by atoms with E-state index in [1.54, 1.807) is 11.8 Å². The Morgan fingerprint density at radius 1 is 1.35 bits per heavy atom. The van der Waals surface area contributed by atoms with Crippen molar-refractivity contribution in [1.82, 2.24) is 9.97 Å². The molecule has 1 saturated carbocycles. The van der Waals surface area contributed by atoms with Crippen molar-refractivity contribution in [2.75, 3.05) is 18.5 Å². The van der Waals surface area contributed by atoms with E-state index >= 15 is 0 Å². The van der Waals surface area contributed by atoms with Crippen molar-refractivity contribution < 1.29 is 4.79 Å². The van der Waals surface area contributed by atoms with Gasteiger partial charge < -0.3 is 4.90 Å². The Labute approximate surface area is 102 Å². The van der Waals surface area contributed by atoms with E-state index in [4.69, 9.17) is 0 Å². The van der Waals surface area contributed by atoms with Crippen LogP contribution in [-0.4, -0.2) is 29.3 Å². The summed E-state index contributed by atoms with van der Waals surface area (Å²) in [5, 5.41) is 0. The number of nitrogens with zero attached hydrogens (tertiary/aromatic N) is 3. The van der Waals surface area contributed by atoms with Gasteiger partial charge in [0.1, 0.15) is 5.78 Å². The lowest BCUT2D eigenvalue weighted by Gasteiger charge is -2.16. The molecule has 1 aromatic rings. The molecular formula is C13H19N3O. The molecule has 0 unspecified atom stereocenters. The second-order valence-corrected chi connectivity index (χ2v) is 4.86. The lowest BCUT2D eigenvalue weighted by molar-refractivity contribution is -0.115. The monoisotopic (exact) mass is 233 g/mol. The molecule has 4 heteroatoms. The maximum Gasteiger partial charge on any atom is 0.225 e. The molecule has 1 aromatic heterocycles. The zero-order valence-corrected chi connectivity index (χ0v) is 10.5. The first-order chi connectivity index (χ1) is 8.16. The van der Waals surface area contributed by atoms with Crippen molar-refractivity contribution in [3.8, 4) is 0 Å². The van der Waals surface area contributed by atoms with Gasteiger partial charge in [-0.15, -0.1) is 0 Å². The van der Waals surface area contributed by atoms with Crippen molar-refractivity contribution in [2.45, 2.75) is 38.5 Å². The van der Waals surface area contributed by atoms with Gasteiger partial charge in [-0.1, -0.05) is 12.8 Å². The summed E-state index contributed by atoms with van der Waals surface area (Å²) in [6.45, 7) is 1.94. The van der Waals surface area contributed by atoms with Gasteiger partial charge in [-0.2, -0.15) is 0 Å². The maximum absolute atomic E-state index is 11.0. The minimum atomic E-state index is 0.121. The average molecular weight is 233 g/mol. The molecule has 0 bridgehead atoms. The molecule has 4 nitrogen and oxygen atoms in total. The first-order valence-corrected chi connectivity index (χ1v) is 6.19. The second-order valence-electron chi connectivity index (χ2n) is 4.86. The van der Waals surface area contributed by atoms with Crippen LogP contribution >= 0.6 is 0 Å². The van der Waals surface area contributed by atoms with Crippen LogP contribution in [0.25, 0.3) is 0 Å². The van der Waals surface area contributed by atoms with E-state index in [1.807, 2.05) is 19.4 Å². The van der Waals surface area contributed by atoms with Gasteiger partial charge >= 0.3 is 0 Å². The summed E-state index contributed by atoms with van der Waals surface area (Å²) in [6.07, 6.45) is 8.97. The molecule has 0 atom stereocenters. The summed E-state index contributed by atoms with van der Waals surface area (Å²) < 4.78 is 0.